The van der Waals surface area contributed by atoms with Crippen molar-refractivity contribution < 1.29 is 4.74 Å². The summed E-state index contributed by atoms with van der Waals surface area (Å²) in [5, 5.41) is 8.81. The summed E-state index contributed by atoms with van der Waals surface area (Å²) in [6.45, 7) is 4.00. The third kappa shape index (κ3) is 2.44. The first-order valence-electron chi connectivity index (χ1n) is 5.65. The van der Waals surface area contributed by atoms with Gasteiger partial charge in [0.05, 0.1) is 11.3 Å². The van der Waals surface area contributed by atoms with Crippen molar-refractivity contribution in [1.82, 2.24) is 0 Å². The molecule has 2 aromatic carbocycles. The summed E-state index contributed by atoms with van der Waals surface area (Å²) in [7, 11) is 0. The molecular weight excluding hydrogens is 224 g/mol. The molecule has 0 radical (unpaired) electrons. The minimum atomic E-state index is 0.431. The van der Waals surface area contributed by atoms with Gasteiger partial charge in [-0.3, -0.25) is 0 Å². The lowest BCUT2D eigenvalue weighted by atomic mass is 10.1. The Morgan fingerprint density at radius 2 is 1.89 bits per heavy atom. The molecule has 0 saturated carbocycles. The first-order chi connectivity index (χ1) is 8.60. The van der Waals surface area contributed by atoms with Crippen LogP contribution in [0.2, 0.25) is 0 Å². The van der Waals surface area contributed by atoms with Gasteiger partial charge in [0.1, 0.15) is 17.6 Å². The van der Waals surface area contributed by atoms with Gasteiger partial charge in [0, 0.05) is 6.07 Å². The van der Waals surface area contributed by atoms with Gasteiger partial charge < -0.3 is 10.5 Å². The summed E-state index contributed by atoms with van der Waals surface area (Å²) in [5.41, 5.74) is 8.84. The molecule has 90 valence electrons. The number of nitrogens with two attached hydrogens (primary N) is 1. The third-order valence-electron chi connectivity index (χ3n) is 2.71. The molecule has 0 fully saturated rings. The van der Waals surface area contributed by atoms with Gasteiger partial charge in [0.15, 0.2) is 0 Å². The molecule has 3 nitrogen and oxygen atoms in total. The highest BCUT2D eigenvalue weighted by atomic mass is 16.5. The van der Waals surface area contributed by atoms with Crippen LogP contribution in [-0.2, 0) is 0 Å². The summed E-state index contributed by atoms with van der Waals surface area (Å²) < 4.78 is 5.78. The van der Waals surface area contributed by atoms with E-state index in [1.54, 1.807) is 18.2 Å². The van der Waals surface area contributed by atoms with Gasteiger partial charge in [-0.2, -0.15) is 5.26 Å². The zero-order chi connectivity index (χ0) is 13.1. The number of anilines is 1. The van der Waals surface area contributed by atoms with Crippen molar-refractivity contribution in [3.8, 4) is 17.6 Å². The van der Waals surface area contributed by atoms with Crippen LogP contribution in [0.5, 0.6) is 11.5 Å². The third-order valence-corrected chi connectivity index (χ3v) is 2.71. The summed E-state index contributed by atoms with van der Waals surface area (Å²) in [4.78, 5) is 0. The molecule has 0 aliphatic heterocycles. The number of benzene rings is 2. The van der Waals surface area contributed by atoms with Gasteiger partial charge in [-0.05, 0) is 43.2 Å². The van der Waals surface area contributed by atoms with Crippen LogP contribution in [0.15, 0.2) is 36.4 Å². The fourth-order valence-corrected chi connectivity index (χ4v) is 1.65. The summed E-state index contributed by atoms with van der Waals surface area (Å²) >= 11 is 0. The van der Waals surface area contributed by atoms with Crippen LogP contribution < -0.4 is 10.5 Å². The van der Waals surface area contributed by atoms with E-state index in [-0.39, 0.29) is 0 Å². The molecule has 0 aromatic heterocycles. The van der Waals surface area contributed by atoms with E-state index in [4.69, 9.17) is 15.7 Å². The molecule has 0 amide bonds. The van der Waals surface area contributed by atoms with Crippen molar-refractivity contribution in [2.45, 2.75) is 13.8 Å². The van der Waals surface area contributed by atoms with Crippen LogP contribution in [0.4, 0.5) is 5.69 Å². The number of nitriles is 1. The largest absolute Gasteiger partial charge is 0.457 e. The molecule has 0 atom stereocenters. The smallest absolute Gasteiger partial charge is 0.130 e. The molecule has 0 saturated heterocycles. The maximum atomic E-state index is 8.81. The highest BCUT2D eigenvalue weighted by molar-refractivity contribution is 5.57. The van der Waals surface area contributed by atoms with E-state index >= 15 is 0 Å². The Balaban J connectivity index is 2.32. The van der Waals surface area contributed by atoms with E-state index in [2.05, 4.69) is 0 Å². The Hall–Kier alpha value is -2.47. The first-order valence-corrected chi connectivity index (χ1v) is 5.65. The van der Waals surface area contributed by atoms with Crippen molar-refractivity contribution in [1.29, 1.82) is 5.26 Å². The molecule has 2 N–H and O–H groups in total. The minimum absolute atomic E-state index is 0.431. The number of rotatable bonds is 2. The fourth-order valence-electron chi connectivity index (χ4n) is 1.65. The highest BCUT2D eigenvalue weighted by Gasteiger charge is 2.04. The van der Waals surface area contributed by atoms with Gasteiger partial charge in [-0.15, -0.1) is 0 Å². The average Bonchev–Trinajstić information content (AvgIpc) is 2.34. The van der Waals surface area contributed by atoms with Gasteiger partial charge in [-0.1, -0.05) is 12.1 Å². The maximum Gasteiger partial charge on any atom is 0.130 e. The Bertz CT molecular complexity index is 627. The number of ether oxygens (including phenoxy) is 1. The van der Waals surface area contributed by atoms with Gasteiger partial charge >= 0.3 is 0 Å². The molecule has 2 rings (SSSR count). The van der Waals surface area contributed by atoms with Crippen molar-refractivity contribution in [2.75, 3.05) is 5.73 Å². The minimum Gasteiger partial charge on any atom is -0.457 e. The monoisotopic (exact) mass is 238 g/mol. The highest BCUT2D eigenvalue weighted by Crippen LogP contribution is 2.28. The van der Waals surface area contributed by atoms with Crippen LogP contribution in [0.1, 0.15) is 16.7 Å². The van der Waals surface area contributed by atoms with E-state index in [1.807, 2.05) is 38.1 Å². The second-order valence-corrected chi connectivity index (χ2v) is 4.23. The fraction of sp³-hybridized carbons (Fsp3) is 0.133. The molecule has 0 bridgehead atoms. The standard InChI is InChI=1S/C15H14N2O/c1-10-3-4-11(2)15(7-10)18-13-6-5-12(9-16)14(17)8-13/h3-8H,17H2,1-2H3. The molecule has 0 spiro atoms. The summed E-state index contributed by atoms with van der Waals surface area (Å²) in [5.74, 6) is 1.44. The lowest BCUT2D eigenvalue weighted by Crippen LogP contribution is -1.93. The summed E-state index contributed by atoms with van der Waals surface area (Å²) in [6.07, 6.45) is 0. The molecule has 0 aliphatic carbocycles. The Kier molecular flexibility index (Phi) is 3.20. The van der Waals surface area contributed by atoms with Crippen molar-refractivity contribution in [3.05, 3.63) is 53.1 Å². The second kappa shape index (κ2) is 4.80. The molecule has 18 heavy (non-hydrogen) atoms. The average molecular weight is 238 g/mol. The van der Waals surface area contributed by atoms with E-state index in [9.17, 15) is 0 Å². The zero-order valence-corrected chi connectivity index (χ0v) is 10.4. The number of hydrogen-bond donors (Lipinski definition) is 1. The van der Waals surface area contributed by atoms with Crippen LogP contribution in [0.3, 0.4) is 0 Å². The van der Waals surface area contributed by atoms with Crippen molar-refractivity contribution >= 4 is 5.69 Å². The predicted molar refractivity (Wildman–Crippen MR) is 71.6 cm³/mol. The van der Waals surface area contributed by atoms with Crippen LogP contribution >= 0.6 is 0 Å². The van der Waals surface area contributed by atoms with Crippen molar-refractivity contribution in [3.63, 3.8) is 0 Å². The number of hydrogen-bond acceptors (Lipinski definition) is 3. The normalized spacial score (nSPS) is 9.83. The topological polar surface area (TPSA) is 59.0 Å². The van der Waals surface area contributed by atoms with E-state index < -0.39 is 0 Å². The van der Waals surface area contributed by atoms with E-state index in [0.29, 0.717) is 17.0 Å². The molecule has 0 unspecified atom stereocenters. The predicted octanol–water partition coefficient (Wildman–Crippen LogP) is 3.55. The SMILES string of the molecule is Cc1ccc(C)c(Oc2ccc(C#N)c(N)c2)c1. The van der Waals surface area contributed by atoms with E-state index in [1.165, 1.54) is 0 Å². The second-order valence-electron chi connectivity index (χ2n) is 4.23. The first kappa shape index (κ1) is 12.0. The van der Waals surface area contributed by atoms with Gasteiger partial charge in [0.2, 0.25) is 0 Å². The molecule has 2 aromatic rings. The maximum absolute atomic E-state index is 8.81. The van der Waals surface area contributed by atoms with Crippen LogP contribution in [0.25, 0.3) is 0 Å². The van der Waals surface area contributed by atoms with Crippen molar-refractivity contribution in [2.24, 2.45) is 0 Å². The molecular formula is C15H14N2O. The Morgan fingerprint density at radius 3 is 2.56 bits per heavy atom. The quantitative estimate of drug-likeness (QED) is 0.814. The number of aryl methyl sites for hydroxylation is 2. The molecule has 0 heterocycles. The molecule has 3 heteroatoms. The summed E-state index contributed by atoms with van der Waals surface area (Å²) in [6, 6.07) is 13.1. The lowest BCUT2D eigenvalue weighted by Gasteiger charge is -2.10. The van der Waals surface area contributed by atoms with Gasteiger partial charge in [0.25, 0.3) is 0 Å². The molecule has 0 aliphatic rings. The van der Waals surface area contributed by atoms with Gasteiger partial charge in [-0.25, -0.2) is 0 Å². The van der Waals surface area contributed by atoms with Crippen LogP contribution in [0, 0.1) is 25.2 Å². The number of nitrogens with zero attached hydrogens (tertiary/aromatic N) is 1. The Morgan fingerprint density at radius 1 is 1.11 bits per heavy atom. The van der Waals surface area contributed by atoms with Crippen LogP contribution in [-0.4, -0.2) is 0 Å². The lowest BCUT2D eigenvalue weighted by molar-refractivity contribution is 0.479. The number of nitrogen functional groups attached to an aromatic ring is 1. The Labute approximate surface area is 106 Å². The van der Waals surface area contributed by atoms with E-state index in [0.717, 1.165) is 16.9 Å². The zero-order valence-electron chi connectivity index (χ0n) is 10.4.